The lowest BCUT2D eigenvalue weighted by Gasteiger charge is -2.18. The number of imidazole rings is 1. The van der Waals surface area contributed by atoms with Crippen LogP contribution < -0.4 is 10.2 Å². The van der Waals surface area contributed by atoms with Gasteiger partial charge in [-0.2, -0.15) is 0 Å². The van der Waals surface area contributed by atoms with Gasteiger partial charge in [-0.25, -0.2) is 9.97 Å². The lowest BCUT2D eigenvalue weighted by molar-refractivity contribution is -0.127. The second kappa shape index (κ2) is 7.00. The first-order chi connectivity index (χ1) is 11.6. The van der Waals surface area contributed by atoms with Crippen LogP contribution in [0.4, 0.5) is 5.82 Å². The smallest absolute Gasteiger partial charge is 0.226 e. The zero-order valence-electron chi connectivity index (χ0n) is 14.3. The highest BCUT2D eigenvalue weighted by Gasteiger charge is 2.37. The van der Waals surface area contributed by atoms with E-state index >= 15 is 0 Å². The highest BCUT2D eigenvalue weighted by molar-refractivity contribution is 5.79. The summed E-state index contributed by atoms with van der Waals surface area (Å²) in [5.41, 5.74) is 0.835. The Bertz CT molecular complexity index is 713. The maximum atomic E-state index is 12.6. The van der Waals surface area contributed by atoms with Crippen LogP contribution in [0.1, 0.15) is 24.0 Å². The summed E-state index contributed by atoms with van der Waals surface area (Å²) in [6, 6.07) is 5.79. The van der Waals surface area contributed by atoms with Crippen LogP contribution in [0.3, 0.4) is 0 Å². The molecule has 0 bridgehead atoms. The normalized spacial score (nSPS) is 20.1. The van der Waals surface area contributed by atoms with Crippen LogP contribution in [0.25, 0.3) is 0 Å². The number of carbonyl (C=O) groups excluding carboxylic acids is 1. The molecule has 2 atom stereocenters. The Balaban J connectivity index is 1.64. The number of pyridine rings is 1. The third kappa shape index (κ3) is 3.41. The van der Waals surface area contributed by atoms with Crippen molar-refractivity contribution in [2.75, 3.05) is 25.6 Å². The van der Waals surface area contributed by atoms with Crippen LogP contribution in [0, 0.1) is 5.92 Å². The highest BCUT2D eigenvalue weighted by Crippen LogP contribution is 2.33. The second-order valence-electron chi connectivity index (χ2n) is 6.18. The Labute approximate surface area is 141 Å². The van der Waals surface area contributed by atoms with Gasteiger partial charge < -0.3 is 19.5 Å². The largest absolute Gasteiger partial charge is 0.369 e. The van der Waals surface area contributed by atoms with Crippen LogP contribution in [-0.4, -0.2) is 41.1 Å². The zero-order valence-corrected chi connectivity index (χ0v) is 14.3. The molecular weight excluding hydrogens is 306 g/mol. The number of hydrogen-bond acceptors (Lipinski definition) is 5. The SMILES string of the molecule is CN(C)c1cccc(CNC(=O)[C@@H]2CCO[C@H]2c2nccn2C)n1. The van der Waals surface area contributed by atoms with Gasteiger partial charge in [0.15, 0.2) is 0 Å². The number of aryl methyl sites for hydroxylation is 1. The van der Waals surface area contributed by atoms with Crippen molar-refractivity contribution in [1.29, 1.82) is 0 Å². The summed E-state index contributed by atoms with van der Waals surface area (Å²) in [6.07, 6.45) is 4.01. The molecule has 1 aliphatic rings. The minimum atomic E-state index is -0.286. The number of rotatable bonds is 5. The van der Waals surface area contributed by atoms with Crippen LogP contribution >= 0.6 is 0 Å². The summed E-state index contributed by atoms with van der Waals surface area (Å²) in [7, 11) is 5.80. The molecule has 3 heterocycles. The van der Waals surface area contributed by atoms with E-state index in [9.17, 15) is 4.79 Å². The van der Waals surface area contributed by atoms with Crippen LogP contribution in [-0.2, 0) is 23.1 Å². The van der Waals surface area contributed by atoms with Crippen molar-refractivity contribution in [3.8, 4) is 0 Å². The Morgan fingerprint density at radius 2 is 2.29 bits per heavy atom. The van der Waals surface area contributed by atoms with E-state index in [1.807, 2.05) is 55.0 Å². The van der Waals surface area contributed by atoms with Gasteiger partial charge in [0.25, 0.3) is 0 Å². The highest BCUT2D eigenvalue weighted by atomic mass is 16.5. The average molecular weight is 329 g/mol. The van der Waals surface area contributed by atoms with E-state index in [-0.39, 0.29) is 17.9 Å². The fraction of sp³-hybridized carbons (Fsp3) is 0.471. The minimum Gasteiger partial charge on any atom is -0.369 e. The predicted octanol–water partition coefficient (Wildman–Crippen LogP) is 1.28. The quantitative estimate of drug-likeness (QED) is 0.894. The maximum Gasteiger partial charge on any atom is 0.226 e. The van der Waals surface area contributed by atoms with Crippen molar-refractivity contribution in [3.63, 3.8) is 0 Å². The first-order valence-electron chi connectivity index (χ1n) is 8.06. The summed E-state index contributed by atoms with van der Waals surface area (Å²) >= 11 is 0. The number of carbonyl (C=O) groups is 1. The Morgan fingerprint density at radius 3 is 3.00 bits per heavy atom. The third-order valence-corrected chi connectivity index (χ3v) is 4.24. The molecule has 1 saturated heterocycles. The van der Waals surface area contributed by atoms with Crippen LogP contribution in [0.15, 0.2) is 30.6 Å². The number of aromatic nitrogens is 3. The molecule has 0 unspecified atom stereocenters. The summed E-state index contributed by atoms with van der Waals surface area (Å²) in [4.78, 5) is 23.4. The molecule has 1 aliphatic heterocycles. The molecule has 0 radical (unpaired) electrons. The van der Waals surface area contributed by atoms with E-state index in [0.29, 0.717) is 19.6 Å². The lowest BCUT2D eigenvalue weighted by atomic mass is 10.00. The number of nitrogens with one attached hydrogen (secondary N) is 1. The Morgan fingerprint density at radius 1 is 1.46 bits per heavy atom. The van der Waals surface area contributed by atoms with Gasteiger partial charge in [-0.05, 0) is 18.6 Å². The fourth-order valence-electron chi connectivity index (χ4n) is 2.89. The molecule has 1 N–H and O–H groups in total. The Kier molecular flexibility index (Phi) is 4.80. The molecule has 2 aromatic heterocycles. The van der Waals surface area contributed by atoms with Gasteiger partial charge in [-0.15, -0.1) is 0 Å². The topological polar surface area (TPSA) is 72.3 Å². The van der Waals surface area contributed by atoms with E-state index < -0.39 is 0 Å². The van der Waals surface area contributed by atoms with E-state index in [0.717, 1.165) is 17.3 Å². The van der Waals surface area contributed by atoms with E-state index in [4.69, 9.17) is 4.74 Å². The molecule has 2 aromatic rings. The van der Waals surface area contributed by atoms with Gasteiger partial charge in [0.2, 0.25) is 5.91 Å². The molecule has 0 aromatic carbocycles. The molecule has 3 rings (SSSR count). The van der Waals surface area contributed by atoms with E-state index in [2.05, 4.69) is 15.3 Å². The first kappa shape index (κ1) is 16.4. The van der Waals surface area contributed by atoms with Gasteiger partial charge in [0.1, 0.15) is 17.7 Å². The number of nitrogens with zero attached hydrogens (tertiary/aromatic N) is 4. The molecule has 24 heavy (non-hydrogen) atoms. The average Bonchev–Trinajstić information content (AvgIpc) is 3.21. The van der Waals surface area contributed by atoms with E-state index in [1.165, 1.54) is 0 Å². The van der Waals surface area contributed by atoms with Gasteiger partial charge in [0.05, 0.1) is 18.2 Å². The molecule has 1 fully saturated rings. The van der Waals surface area contributed by atoms with Crippen LogP contribution in [0.2, 0.25) is 0 Å². The Hall–Kier alpha value is -2.41. The van der Waals surface area contributed by atoms with Gasteiger partial charge in [0, 0.05) is 40.1 Å². The van der Waals surface area contributed by atoms with Gasteiger partial charge >= 0.3 is 0 Å². The molecular formula is C17H23N5O2. The molecule has 7 nitrogen and oxygen atoms in total. The van der Waals surface area contributed by atoms with Gasteiger partial charge in [-0.1, -0.05) is 6.07 Å². The number of anilines is 1. The molecule has 1 amide bonds. The first-order valence-corrected chi connectivity index (χ1v) is 8.06. The molecule has 0 aliphatic carbocycles. The molecule has 7 heteroatoms. The van der Waals surface area contributed by atoms with Crippen molar-refractivity contribution in [2.24, 2.45) is 13.0 Å². The standard InChI is InChI=1S/C17H23N5O2/c1-21(2)14-6-4-5-12(20-14)11-19-17(23)13-7-10-24-15(13)16-18-8-9-22(16)3/h4-6,8-9,13,15H,7,10-11H2,1-3H3,(H,19,23)/t13-,15-/m1/s1. The van der Waals surface area contributed by atoms with Crippen LogP contribution in [0.5, 0.6) is 0 Å². The van der Waals surface area contributed by atoms with Gasteiger partial charge in [-0.3, -0.25) is 4.79 Å². The molecule has 0 spiro atoms. The van der Waals surface area contributed by atoms with Crippen molar-refractivity contribution in [2.45, 2.75) is 19.1 Å². The predicted molar refractivity (Wildman–Crippen MR) is 90.4 cm³/mol. The minimum absolute atomic E-state index is 0.0162. The second-order valence-corrected chi connectivity index (χ2v) is 6.18. The summed E-state index contributed by atoms with van der Waals surface area (Å²) in [5, 5.41) is 2.98. The van der Waals surface area contributed by atoms with Crippen molar-refractivity contribution < 1.29 is 9.53 Å². The van der Waals surface area contributed by atoms with E-state index in [1.54, 1.807) is 6.20 Å². The molecule has 128 valence electrons. The van der Waals surface area contributed by atoms with Crippen molar-refractivity contribution in [1.82, 2.24) is 19.9 Å². The summed E-state index contributed by atoms with van der Waals surface area (Å²) in [5.74, 6) is 1.43. The number of hydrogen-bond donors (Lipinski definition) is 1. The zero-order chi connectivity index (χ0) is 17.1. The monoisotopic (exact) mass is 329 g/mol. The van der Waals surface area contributed by atoms with Crippen molar-refractivity contribution >= 4 is 11.7 Å². The number of ether oxygens (including phenoxy) is 1. The fourth-order valence-corrected chi connectivity index (χ4v) is 2.89. The maximum absolute atomic E-state index is 12.6. The third-order valence-electron chi connectivity index (χ3n) is 4.24. The number of amides is 1. The molecule has 0 saturated carbocycles. The summed E-state index contributed by atoms with van der Waals surface area (Å²) < 4.78 is 7.65. The lowest BCUT2D eigenvalue weighted by Crippen LogP contribution is -2.33. The summed E-state index contributed by atoms with van der Waals surface area (Å²) in [6.45, 7) is 0.980. The van der Waals surface area contributed by atoms with Crippen molar-refractivity contribution in [3.05, 3.63) is 42.1 Å².